The van der Waals surface area contributed by atoms with E-state index in [-0.39, 0.29) is 0 Å². The van der Waals surface area contributed by atoms with Crippen molar-refractivity contribution in [2.75, 3.05) is 0 Å². The molecule has 0 amide bonds. The molecule has 0 saturated heterocycles. The van der Waals surface area contributed by atoms with E-state index in [9.17, 15) is 4.79 Å². The summed E-state index contributed by atoms with van der Waals surface area (Å²) in [6.45, 7) is 0. The third-order valence-corrected chi connectivity index (χ3v) is 1.53. The smallest absolute Gasteiger partial charge is 0.142 e. The maximum atomic E-state index is 10.0. The molecular weight excluding hydrogens is 182 g/mol. The summed E-state index contributed by atoms with van der Waals surface area (Å²) in [5, 5.41) is 2.28. The van der Waals surface area contributed by atoms with Gasteiger partial charge in [-0.3, -0.25) is 4.79 Å². The number of carbonyl (C=O) groups is 1. The SMILES string of the molecule is O=CC=Cc1ccc(N=C=S)cc1. The molecule has 0 N–H and O–H groups in total. The minimum atomic E-state index is 0.739. The molecule has 0 atom stereocenters. The van der Waals surface area contributed by atoms with Crippen molar-refractivity contribution in [1.82, 2.24) is 0 Å². The Kier molecular flexibility index (Phi) is 3.76. The number of carbonyl (C=O) groups excluding carboxylic acids is 1. The fraction of sp³-hybridized carbons (Fsp3) is 0. The van der Waals surface area contributed by atoms with Crippen LogP contribution in [0.2, 0.25) is 0 Å². The summed E-state index contributed by atoms with van der Waals surface area (Å²) in [4.78, 5) is 13.8. The maximum Gasteiger partial charge on any atom is 0.142 e. The van der Waals surface area contributed by atoms with Gasteiger partial charge in [0, 0.05) is 0 Å². The van der Waals surface area contributed by atoms with Crippen molar-refractivity contribution < 1.29 is 4.79 Å². The molecule has 0 spiro atoms. The highest BCUT2D eigenvalue weighted by Crippen LogP contribution is 2.12. The zero-order valence-corrected chi connectivity index (χ0v) is 7.62. The Morgan fingerprint density at radius 3 is 2.54 bits per heavy atom. The molecule has 0 unspecified atom stereocenters. The Labute approximate surface area is 81.6 Å². The number of benzene rings is 1. The molecule has 13 heavy (non-hydrogen) atoms. The van der Waals surface area contributed by atoms with Gasteiger partial charge in [0.2, 0.25) is 0 Å². The first-order valence-electron chi connectivity index (χ1n) is 3.66. The zero-order valence-electron chi connectivity index (χ0n) is 6.81. The fourth-order valence-electron chi connectivity index (χ4n) is 0.863. The van der Waals surface area contributed by atoms with Gasteiger partial charge in [-0.2, -0.15) is 4.99 Å². The minimum Gasteiger partial charge on any atom is -0.299 e. The van der Waals surface area contributed by atoms with E-state index in [1.165, 1.54) is 6.08 Å². The molecule has 3 heteroatoms. The van der Waals surface area contributed by atoms with E-state index in [1.807, 2.05) is 24.3 Å². The number of isothiocyanates is 1. The largest absolute Gasteiger partial charge is 0.299 e. The third kappa shape index (κ3) is 3.11. The summed E-state index contributed by atoms with van der Waals surface area (Å²) in [6.07, 6.45) is 3.90. The Hall–Kier alpha value is -1.57. The fourth-order valence-corrected chi connectivity index (χ4v) is 0.968. The molecule has 64 valence electrons. The highest BCUT2D eigenvalue weighted by Gasteiger charge is 1.87. The van der Waals surface area contributed by atoms with E-state index >= 15 is 0 Å². The first-order chi connectivity index (χ1) is 6.36. The van der Waals surface area contributed by atoms with E-state index in [4.69, 9.17) is 0 Å². The molecule has 0 aliphatic rings. The average molecular weight is 189 g/mol. The van der Waals surface area contributed by atoms with Crippen LogP contribution in [0.25, 0.3) is 6.08 Å². The van der Waals surface area contributed by atoms with Gasteiger partial charge in [0.05, 0.1) is 10.8 Å². The molecule has 0 bridgehead atoms. The van der Waals surface area contributed by atoms with Crippen LogP contribution >= 0.6 is 12.2 Å². The molecule has 1 aromatic rings. The topological polar surface area (TPSA) is 29.4 Å². The van der Waals surface area contributed by atoms with Crippen molar-refractivity contribution in [2.24, 2.45) is 4.99 Å². The van der Waals surface area contributed by atoms with E-state index in [2.05, 4.69) is 22.4 Å². The third-order valence-electron chi connectivity index (χ3n) is 1.44. The van der Waals surface area contributed by atoms with E-state index in [1.54, 1.807) is 6.08 Å². The number of nitrogens with zero attached hydrogens (tertiary/aromatic N) is 1. The maximum absolute atomic E-state index is 10.0. The highest BCUT2D eigenvalue weighted by molar-refractivity contribution is 7.78. The van der Waals surface area contributed by atoms with Crippen molar-refractivity contribution in [3.05, 3.63) is 35.9 Å². The molecule has 0 fully saturated rings. The number of aldehydes is 1. The Morgan fingerprint density at radius 2 is 2.00 bits per heavy atom. The summed E-state index contributed by atoms with van der Waals surface area (Å²) in [5.74, 6) is 0. The lowest BCUT2D eigenvalue weighted by atomic mass is 10.2. The van der Waals surface area contributed by atoms with Gasteiger partial charge in [-0.05, 0) is 36.0 Å². The van der Waals surface area contributed by atoms with Gasteiger partial charge >= 0.3 is 0 Å². The number of allylic oxidation sites excluding steroid dienone is 1. The van der Waals surface area contributed by atoms with Crippen LogP contribution in [0.1, 0.15) is 5.56 Å². The Morgan fingerprint density at radius 1 is 1.31 bits per heavy atom. The second-order valence-corrected chi connectivity index (χ2v) is 2.47. The van der Waals surface area contributed by atoms with Gasteiger partial charge < -0.3 is 0 Å². The number of rotatable bonds is 3. The van der Waals surface area contributed by atoms with Crippen LogP contribution in [0.5, 0.6) is 0 Å². The zero-order chi connectivity index (χ0) is 9.52. The number of hydrogen-bond acceptors (Lipinski definition) is 3. The lowest BCUT2D eigenvalue weighted by molar-refractivity contribution is -0.104. The summed E-state index contributed by atoms with van der Waals surface area (Å²) in [6, 6.07) is 7.32. The van der Waals surface area contributed by atoms with Crippen LogP contribution in [-0.4, -0.2) is 11.4 Å². The van der Waals surface area contributed by atoms with Crippen LogP contribution in [0.15, 0.2) is 35.3 Å². The molecule has 0 radical (unpaired) electrons. The first-order valence-corrected chi connectivity index (χ1v) is 4.07. The molecule has 1 aromatic carbocycles. The van der Waals surface area contributed by atoms with Gasteiger partial charge in [0.25, 0.3) is 0 Å². The quantitative estimate of drug-likeness (QED) is 0.316. The summed E-state index contributed by atoms with van der Waals surface area (Å²) >= 11 is 4.46. The van der Waals surface area contributed by atoms with Gasteiger partial charge in [-0.15, -0.1) is 0 Å². The monoisotopic (exact) mass is 189 g/mol. The van der Waals surface area contributed by atoms with Crippen LogP contribution < -0.4 is 0 Å². The standard InChI is InChI=1S/C10H7NOS/c12-7-1-2-9-3-5-10(6-4-9)11-8-13/h1-7H. The molecule has 0 aromatic heterocycles. The lowest BCUT2D eigenvalue weighted by Crippen LogP contribution is -1.70. The van der Waals surface area contributed by atoms with Crippen molar-refractivity contribution in [3.8, 4) is 0 Å². The van der Waals surface area contributed by atoms with Gasteiger partial charge in [-0.25, -0.2) is 0 Å². The molecule has 0 aliphatic carbocycles. The average Bonchev–Trinajstić information content (AvgIpc) is 2.17. The summed E-state index contributed by atoms with van der Waals surface area (Å²) in [5.41, 5.74) is 1.72. The predicted octanol–water partition coefficient (Wildman–Crippen LogP) is 2.63. The minimum absolute atomic E-state index is 0.739. The second kappa shape index (κ2) is 5.14. The van der Waals surface area contributed by atoms with Crippen molar-refractivity contribution in [1.29, 1.82) is 0 Å². The van der Waals surface area contributed by atoms with Crippen molar-refractivity contribution in [3.63, 3.8) is 0 Å². The van der Waals surface area contributed by atoms with E-state index < -0.39 is 0 Å². The molecule has 1 rings (SSSR count). The van der Waals surface area contributed by atoms with Gasteiger partial charge in [-0.1, -0.05) is 18.2 Å². The van der Waals surface area contributed by atoms with Gasteiger partial charge in [0.15, 0.2) is 0 Å². The van der Waals surface area contributed by atoms with Gasteiger partial charge in [0.1, 0.15) is 6.29 Å². The first kappa shape index (κ1) is 9.52. The Bertz CT molecular complexity index is 361. The lowest BCUT2D eigenvalue weighted by Gasteiger charge is -1.92. The van der Waals surface area contributed by atoms with Crippen molar-refractivity contribution >= 4 is 35.4 Å². The van der Waals surface area contributed by atoms with Crippen LogP contribution in [0.4, 0.5) is 5.69 Å². The molecule has 2 nitrogen and oxygen atoms in total. The van der Waals surface area contributed by atoms with Crippen LogP contribution in [0, 0.1) is 0 Å². The summed E-state index contributed by atoms with van der Waals surface area (Å²) in [7, 11) is 0. The normalized spacial score (nSPS) is 9.54. The van der Waals surface area contributed by atoms with E-state index in [0.717, 1.165) is 17.5 Å². The Balaban J connectivity index is 2.86. The predicted molar refractivity (Wildman–Crippen MR) is 56.2 cm³/mol. The second-order valence-electron chi connectivity index (χ2n) is 2.29. The molecular formula is C10H7NOS. The van der Waals surface area contributed by atoms with E-state index in [0.29, 0.717) is 0 Å². The highest BCUT2D eigenvalue weighted by atomic mass is 32.1. The van der Waals surface area contributed by atoms with Crippen LogP contribution in [0.3, 0.4) is 0 Å². The molecule has 0 aliphatic heterocycles. The molecule has 0 heterocycles. The number of hydrogen-bond donors (Lipinski definition) is 0. The van der Waals surface area contributed by atoms with Crippen molar-refractivity contribution in [2.45, 2.75) is 0 Å². The molecule has 0 saturated carbocycles. The number of aliphatic imine (C=N–C) groups is 1. The number of thiocarbonyl (C=S) groups is 1. The summed E-state index contributed by atoms with van der Waals surface area (Å²) < 4.78 is 0. The van der Waals surface area contributed by atoms with Crippen LogP contribution in [-0.2, 0) is 4.79 Å².